The first-order valence-corrected chi connectivity index (χ1v) is 16.2. The third kappa shape index (κ3) is 5.84. The lowest BCUT2D eigenvalue weighted by Crippen LogP contribution is -2.45. The number of pyridine rings is 1. The van der Waals surface area contributed by atoms with Crippen molar-refractivity contribution >= 4 is 28.4 Å². The minimum Gasteiger partial charge on any atom is -0.461 e. The number of benzene rings is 1. The van der Waals surface area contributed by atoms with Crippen LogP contribution in [0.4, 0.5) is 47.0 Å². The maximum Gasteiger partial charge on any atom is 0.417 e. The summed E-state index contributed by atoms with van der Waals surface area (Å²) in [5.74, 6) is -2.46. The van der Waals surface area contributed by atoms with E-state index in [2.05, 4.69) is 25.0 Å². The van der Waals surface area contributed by atoms with Crippen molar-refractivity contribution < 1.29 is 40.3 Å². The van der Waals surface area contributed by atoms with Gasteiger partial charge in [0, 0.05) is 38.3 Å². The van der Waals surface area contributed by atoms with Crippen LogP contribution in [0.3, 0.4) is 0 Å². The maximum absolute atomic E-state index is 16.6. The molecule has 3 aliphatic rings. The second kappa shape index (κ2) is 12.4. The highest BCUT2D eigenvalue weighted by atomic mass is 19.4. The summed E-state index contributed by atoms with van der Waals surface area (Å²) >= 11 is 0. The molecule has 0 spiro atoms. The zero-order valence-corrected chi connectivity index (χ0v) is 27.7. The van der Waals surface area contributed by atoms with Crippen LogP contribution in [-0.2, 0) is 6.18 Å². The van der Waals surface area contributed by atoms with E-state index in [-0.39, 0.29) is 43.3 Å². The SMILES string of the molecule is Cc1c(F)c(N)cc(-c2ncc3c(N(C)[C@@H]4CCN(C(=O)n5cnc(F)n5)[C@@H]4C)nc(OC[C@@]45CCCN4C[C@H](F)C5)nc3c2F)c1C(F)(F)F. The lowest BCUT2D eigenvalue weighted by atomic mass is 9.95. The summed E-state index contributed by atoms with van der Waals surface area (Å²) in [6.07, 6.45) is -3.07. The third-order valence-electron chi connectivity index (χ3n) is 10.4. The number of likely N-dealkylation sites (N-methyl/N-ethyl adjacent to an activating group) is 1. The Labute approximate surface area is 286 Å². The quantitative estimate of drug-likeness (QED) is 0.211. The molecule has 6 heterocycles. The number of aromatic nitrogens is 6. The van der Waals surface area contributed by atoms with Gasteiger partial charge in [0.15, 0.2) is 5.82 Å². The summed E-state index contributed by atoms with van der Waals surface area (Å²) in [5, 5.41) is 3.46. The average Bonchev–Trinajstić information content (AvgIpc) is 3.84. The Morgan fingerprint density at radius 2 is 1.92 bits per heavy atom. The number of carbonyl (C=O) groups is 1. The summed E-state index contributed by atoms with van der Waals surface area (Å²) in [7, 11) is 1.63. The molecular weight excluding hydrogens is 689 g/mol. The number of likely N-dealkylation sites (tertiary alicyclic amines) is 1. The van der Waals surface area contributed by atoms with Gasteiger partial charge >= 0.3 is 24.3 Å². The molecule has 3 aromatic heterocycles. The predicted molar refractivity (Wildman–Crippen MR) is 169 cm³/mol. The minimum atomic E-state index is -5.09. The van der Waals surface area contributed by atoms with Crippen LogP contribution in [0.25, 0.3) is 22.2 Å². The number of anilines is 2. The third-order valence-corrected chi connectivity index (χ3v) is 10.4. The van der Waals surface area contributed by atoms with Gasteiger partial charge in [-0.1, -0.05) is 0 Å². The Kier molecular flexibility index (Phi) is 8.45. The van der Waals surface area contributed by atoms with E-state index in [1.807, 2.05) is 4.90 Å². The number of alkyl halides is 4. The van der Waals surface area contributed by atoms with E-state index < -0.39 is 87.3 Å². The average molecular weight is 723 g/mol. The predicted octanol–water partition coefficient (Wildman–Crippen LogP) is 5.13. The van der Waals surface area contributed by atoms with Crippen molar-refractivity contribution in [3.8, 4) is 17.3 Å². The van der Waals surface area contributed by atoms with Crippen molar-refractivity contribution in [1.82, 2.24) is 39.5 Å². The van der Waals surface area contributed by atoms with Gasteiger partial charge in [-0.2, -0.15) is 37.2 Å². The molecule has 0 aliphatic carbocycles. The molecule has 51 heavy (non-hydrogen) atoms. The molecule has 7 rings (SSSR count). The molecule has 4 aromatic rings. The lowest BCUT2D eigenvalue weighted by molar-refractivity contribution is -0.137. The summed E-state index contributed by atoms with van der Waals surface area (Å²) in [5.41, 5.74) is 0.184. The number of fused-ring (bicyclic) bond motifs is 2. The normalized spacial score (nSPS) is 23.7. The monoisotopic (exact) mass is 722 g/mol. The lowest BCUT2D eigenvalue weighted by Gasteiger charge is -2.32. The van der Waals surface area contributed by atoms with E-state index >= 15 is 4.39 Å². The molecule has 4 atom stereocenters. The molecule has 2 N–H and O–H groups in total. The van der Waals surface area contributed by atoms with Gasteiger partial charge in [0.2, 0.25) is 0 Å². The van der Waals surface area contributed by atoms with E-state index in [1.165, 1.54) is 4.90 Å². The first-order valence-electron chi connectivity index (χ1n) is 16.2. The summed E-state index contributed by atoms with van der Waals surface area (Å²) in [4.78, 5) is 34.5. The number of amides is 1. The molecule has 19 heteroatoms. The van der Waals surface area contributed by atoms with Gasteiger partial charge in [0.1, 0.15) is 42.0 Å². The molecular formula is C32H33F7N10O2. The van der Waals surface area contributed by atoms with Gasteiger partial charge in [-0.15, -0.1) is 5.10 Å². The van der Waals surface area contributed by atoms with E-state index in [0.29, 0.717) is 25.5 Å². The zero-order valence-electron chi connectivity index (χ0n) is 27.7. The van der Waals surface area contributed by atoms with Crippen LogP contribution in [0.1, 0.15) is 43.7 Å². The zero-order chi connectivity index (χ0) is 36.6. The second-order valence-electron chi connectivity index (χ2n) is 13.3. The number of hydrogen-bond donors (Lipinski definition) is 1. The largest absolute Gasteiger partial charge is 0.461 e. The Bertz CT molecular complexity index is 2030. The van der Waals surface area contributed by atoms with Crippen LogP contribution in [-0.4, -0.2) is 103 Å². The maximum atomic E-state index is 16.6. The molecule has 0 bridgehead atoms. The van der Waals surface area contributed by atoms with Crippen LogP contribution in [0.2, 0.25) is 0 Å². The fraction of sp³-hybridized carbons (Fsp3) is 0.500. The number of hydrogen-bond acceptors (Lipinski definition) is 10. The van der Waals surface area contributed by atoms with Crippen LogP contribution in [0.5, 0.6) is 6.01 Å². The number of carbonyl (C=O) groups excluding carboxylic acids is 1. The fourth-order valence-corrected chi connectivity index (χ4v) is 7.90. The molecule has 3 saturated heterocycles. The molecule has 0 unspecified atom stereocenters. The van der Waals surface area contributed by atoms with Gasteiger partial charge in [-0.05, 0) is 51.3 Å². The number of nitrogens with two attached hydrogens (primary N) is 1. The summed E-state index contributed by atoms with van der Waals surface area (Å²) in [6.45, 7) is 3.77. The Morgan fingerprint density at radius 3 is 2.63 bits per heavy atom. The van der Waals surface area contributed by atoms with Crippen molar-refractivity contribution in [3.63, 3.8) is 0 Å². The van der Waals surface area contributed by atoms with Gasteiger partial charge in [0.25, 0.3) is 0 Å². The number of nitrogen functional groups attached to an aromatic ring is 1. The Morgan fingerprint density at radius 1 is 1.16 bits per heavy atom. The van der Waals surface area contributed by atoms with E-state index in [9.17, 15) is 31.1 Å². The van der Waals surface area contributed by atoms with E-state index in [1.54, 1.807) is 18.9 Å². The number of nitrogens with zero attached hydrogens (tertiary/aromatic N) is 9. The van der Waals surface area contributed by atoms with Crippen molar-refractivity contribution in [2.24, 2.45) is 0 Å². The standard InChI is InChI=1S/C32H33F7N10O2/c1-15-22(32(37,38)39)18(9-20(40)23(15)34)25-24(35)26-19(11-41-25)27(44-29(43-26)51-13-31-6-4-7-47(31)12-17(33)10-31)46(3)21-5-8-48(16(21)2)30(50)49-14-42-28(36)45-49/h9,11,14,16-17,21H,4-8,10,12-13,40H2,1-3H3/t16-,17-,21-,31+/m1/s1. The van der Waals surface area contributed by atoms with Crippen molar-refractivity contribution in [3.05, 3.63) is 47.4 Å². The van der Waals surface area contributed by atoms with E-state index in [4.69, 9.17) is 10.5 Å². The smallest absolute Gasteiger partial charge is 0.417 e. The Balaban J connectivity index is 1.32. The van der Waals surface area contributed by atoms with Crippen molar-refractivity contribution in [2.75, 3.05) is 43.9 Å². The van der Waals surface area contributed by atoms with Crippen molar-refractivity contribution in [2.45, 2.75) is 69.5 Å². The number of ether oxygens (including phenoxy) is 1. The highest BCUT2D eigenvalue weighted by molar-refractivity contribution is 5.92. The topological polar surface area (TPSA) is 131 Å². The molecule has 272 valence electrons. The summed E-state index contributed by atoms with van der Waals surface area (Å²) in [6, 6.07) is -1.24. The van der Waals surface area contributed by atoms with Gasteiger partial charge < -0.3 is 20.3 Å². The highest BCUT2D eigenvalue weighted by Gasteiger charge is 2.49. The highest BCUT2D eigenvalue weighted by Crippen LogP contribution is 2.44. The molecule has 3 fully saturated rings. The van der Waals surface area contributed by atoms with Gasteiger partial charge in [-0.25, -0.2) is 18.0 Å². The van der Waals surface area contributed by atoms with Crippen LogP contribution >= 0.6 is 0 Å². The summed E-state index contributed by atoms with van der Waals surface area (Å²) < 4.78 is 109. The molecule has 0 radical (unpaired) electrons. The van der Waals surface area contributed by atoms with Crippen LogP contribution in [0, 0.1) is 24.6 Å². The van der Waals surface area contributed by atoms with Gasteiger partial charge in [0.05, 0.1) is 34.3 Å². The van der Waals surface area contributed by atoms with Gasteiger partial charge in [-0.3, -0.25) is 9.88 Å². The first-order chi connectivity index (χ1) is 24.1. The number of rotatable bonds is 6. The molecule has 12 nitrogen and oxygen atoms in total. The minimum absolute atomic E-state index is 0.00660. The first kappa shape index (κ1) is 34.6. The molecule has 1 aromatic carbocycles. The molecule has 3 aliphatic heterocycles. The van der Waals surface area contributed by atoms with Crippen LogP contribution < -0.4 is 15.4 Å². The van der Waals surface area contributed by atoms with Crippen molar-refractivity contribution in [1.29, 1.82) is 0 Å². The van der Waals surface area contributed by atoms with Crippen LogP contribution in [0.15, 0.2) is 18.6 Å². The molecule has 1 amide bonds. The Hall–Kier alpha value is -4.81. The molecule has 0 saturated carbocycles. The number of halogens is 7. The second-order valence-corrected chi connectivity index (χ2v) is 13.3. The van der Waals surface area contributed by atoms with E-state index in [0.717, 1.165) is 30.6 Å². The fourth-order valence-electron chi connectivity index (χ4n) is 7.90.